The Balaban J connectivity index is 1.26. The quantitative estimate of drug-likeness (QED) is 0.527. The van der Waals surface area contributed by atoms with E-state index in [0.29, 0.717) is 18.9 Å². The van der Waals surface area contributed by atoms with Crippen LogP contribution in [-0.2, 0) is 22.7 Å². The van der Waals surface area contributed by atoms with E-state index in [-0.39, 0.29) is 11.7 Å². The van der Waals surface area contributed by atoms with E-state index in [1.54, 1.807) is 35.5 Å². The summed E-state index contributed by atoms with van der Waals surface area (Å²) in [6, 6.07) is 13.5. The maximum atomic E-state index is 13.3. The van der Waals surface area contributed by atoms with Gasteiger partial charge in [-0.25, -0.2) is 9.67 Å². The van der Waals surface area contributed by atoms with Gasteiger partial charge in [-0.05, 0) is 42.2 Å². The highest BCUT2D eigenvalue weighted by molar-refractivity contribution is 7.99. The first-order valence-electron chi connectivity index (χ1n) is 12.1. The summed E-state index contributed by atoms with van der Waals surface area (Å²) in [5.74, 6) is -0.135. The molecule has 0 saturated carbocycles. The number of aromatic nitrogens is 3. The van der Waals surface area contributed by atoms with Crippen molar-refractivity contribution in [1.82, 2.24) is 20.1 Å². The highest BCUT2D eigenvalue weighted by Gasteiger charge is 2.31. The smallest absolute Gasteiger partial charge is 0.291 e. The highest BCUT2D eigenvalue weighted by Crippen LogP contribution is 2.37. The van der Waals surface area contributed by atoms with Gasteiger partial charge in [-0.1, -0.05) is 24.3 Å². The predicted octanol–water partition coefficient (Wildman–Crippen LogP) is 2.94. The van der Waals surface area contributed by atoms with Gasteiger partial charge in [0, 0.05) is 43.6 Å². The van der Waals surface area contributed by atoms with Crippen molar-refractivity contribution >= 4 is 35.0 Å². The zero-order chi connectivity index (χ0) is 25.1. The van der Waals surface area contributed by atoms with Crippen LogP contribution in [0.1, 0.15) is 34.6 Å². The summed E-state index contributed by atoms with van der Waals surface area (Å²) in [7, 11) is 3.43. The van der Waals surface area contributed by atoms with Crippen LogP contribution in [0.3, 0.4) is 0 Å². The van der Waals surface area contributed by atoms with E-state index < -0.39 is 11.9 Å². The lowest BCUT2D eigenvalue weighted by atomic mass is 10.1. The first kappa shape index (κ1) is 24.3. The van der Waals surface area contributed by atoms with Crippen LogP contribution in [0.4, 0.5) is 11.4 Å². The van der Waals surface area contributed by atoms with E-state index in [1.807, 2.05) is 24.3 Å². The third-order valence-corrected chi connectivity index (χ3v) is 7.76. The summed E-state index contributed by atoms with van der Waals surface area (Å²) in [4.78, 5) is 35.5. The molecule has 3 aromatic rings. The minimum Gasteiger partial charge on any atom is -0.380 e. The first-order valence-corrected chi connectivity index (χ1v) is 13.1. The molecular weight excluding hydrogens is 476 g/mol. The normalized spacial score (nSPS) is 17.7. The molecule has 0 unspecified atom stereocenters. The second kappa shape index (κ2) is 10.7. The van der Waals surface area contributed by atoms with Crippen molar-refractivity contribution in [1.29, 1.82) is 0 Å². The van der Waals surface area contributed by atoms with Crippen molar-refractivity contribution in [3.05, 3.63) is 65.7 Å². The van der Waals surface area contributed by atoms with Gasteiger partial charge in [0.25, 0.3) is 5.91 Å². The summed E-state index contributed by atoms with van der Waals surface area (Å²) in [6.07, 6.45) is 3.92. The van der Waals surface area contributed by atoms with Gasteiger partial charge in [0.05, 0.1) is 18.8 Å². The number of amides is 2. The van der Waals surface area contributed by atoms with Crippen LogP contribution in [0, 0.1) is 0 Å². The molecule has 2 amide bonds. The van der Waals surface area contributed by atoms with Crippen molar-refractivity contribution in [2.75, 3.05) is 42.8 Å². The molecule has 1 saturated heterocycles. The summed E-state index contributed by atoms with van der Waals surface area (Å²) in [5.41, 5.74) is 4.11. The number of anilines is 2. The van der Waals surface area contributed by atoms with E-state index >= 15 is 0 Å². The molecule has 1 atom stereocenters. The van der Waals surface area contributed by atoms with Crippen molar-refractivity contribution in [3.8, 4) is 0 Å². The lowest BCUT2D eigenvalue weighted by Gasteiger charge is -2.24. The lowest BCUT2D eigenvalue weighted by Crippen LogP contribution is -2.48. The van der Waals surface area contributed by atoms with Gasteiger partial charge in [0.2, 0.25) is 11.7 Å². The Hall–Kier alpha value is -3.37. The largest absolute Gasteiger partial charge is 0.380 e. The summed E-state index contributed by atoms with van der Waals surface area (Å²) in [5, 5.41) is 7.20. The third kappa shape index (κ3) is 5.10. The molecule has 0 bridgehead atoms. The fourth-order valence-corrected chi connectivity index (χ4v) is 5.72. The molecule has 2 aliphatic rings. The second-order valence-electron chi connectivity index (χ2n) is 9.05. The molecule has 2 aromatic carbocycles. The molecule has 0 aliphatic carbocycles. The van der Waals surface area contributed by atoms with Gasteiger partial charge in [0.15, 0.2) is 0 Å². The monoisotopic (exact) mass is 506 g/mol. The van der Waals surface area contributed by atoms with Gasteiger partial charge in [-0.15, -0.1) is 16.9 Å². The molecule has 1 aromatic heterocycles. The average molecular weight is 507 g/mol. The minimum absolute atomic E-state index is 0.0396. The zero-order valence-electron chi connectivity index (χ0n) is 20.5. The van der Waals surface area contributed by atoms with Crippen LogP contribution < -0.4 is 15.1 Å². The number of hydrogen-bond acceptors (Lipinski definition) is 7. The third-order valence-electron chi connectivity index (χ3n) is 6.60. The highest BCUT2D eigenvalue weighted by atomic mass is 32.2. The number of nitrogens with zero attached hydrogens (tertiary/aromatic N) is 5. The Kier molecular flexibility index (Phi) is 7.24. The van der Waals surface area contributed by atoms with Crippen LogP contribution in [0.25, 0.3) is 0 Å². The number of thioether (sulfide) groups is 1. The Morgan fingerprint density at radius 3 is 2.72 bits per heavy atom. The lowest BCUT2D eigenvalue weighted by molar-refractivity contribution is -0.119. The first-order chi connectivity index (χ1) is 17.5. The van der Waals surface area contributed by atoms with Crippen LogP contribution in [0.5, 0.6) is 0 Å². The fourth-order valence-electron chi connectivity index (χ4n) is 4.64. The molecule has 1 fully saturated rings. The molecule has 188 valence electrons. The standard InChI is InChI=1S/C26H30N6O3S/c1-30-22-13-20(31-11-5-6-12-31)9-10-23(22)36-16-21(26(30)34)28-25(33)24-27-17-32(29-24)14-18-7-3-4-8-19(18)15-35-2/h3-4,7-10,13,17,21H,5-6,11-12,14-16H2,1-2H3,(H,28,33)/t21-/m0/s1. The molecule has 36 heavy (non-hydrogen) atoms. The summed E-state index contributed by atoms with van der Waals surface area (Å²) < 4.78 is 6.89. The Bertz CT molecular complexity index is 1260. The van der Waals surface area contributed by atoms with Gasteiger partial charge in [-0.2, -0.15) is 0 Å². The number of carbonyl (C=O) groups is 2. The number of nitrogens with one attached hydrogen (secondary N) is 1. The van der Waals surface area contributed by atoms with Crippen LogP contribution in [-0.4, -0.2) is 65.6 Å². The summed E-state index contributed by atoms with van der Waals surface area (Å²) >= 11 is 1.57. The van der Waals surface area contributed by atoms with Gasteiger partial charge < -0.3 is 19.9 Å². The van der Waals surface area contributed by atoms with Crippen molar-refractivity contribution in [2.45, 2.75) is 36.9 Å². The number of fused-ring (bicyclic) bond motifs is 1. The second-order valence-corrected chi connectivity index (χ2v) is 10.1. The van der Waals surface area contributed by atoms with Crippen LogP contribution in [0.15, 0.2) is 53.7 Å². The van der Waals surface area contributed by atoms with E-state index in [2.05, 4.69) is 38.5 Å². The van der Waals surface area contributed by atoms with E-state index in [1.165, 1.54) is 19.2 Å². The van der Waals surface area contributed by atoms with E-state index in [9.17, 15) is 9.59 Å². The maximum Gasteiger partial charge on any atom is 0.291 e. The topological polar surface area (TPSA) is 92.6 Å². The maximum absolute atomic E-state index is 13.3. The predicted molar refractivity (Wildman–Crippen MR) is 140 cm³/mol. The fraction of sp³-hybridized carbons (Fsp3) is 0.385. The molecule has 9 nitrogen and oxygen atoms in total. The number of ether oxygens (including phenoxy) is 1. The zero-order valence-corrected chi connectivity index (χ0v) is 21.3. The number of carbonyl (C=O) groups excluding carboxylic acids is 2. The number of likely N-dealkylation sites (N-methyl/N-ethyl adjacent to an activating group) is 1. The molecule has 0 radical (unpaired) electrons. The average Bonchev–Trinajstić information content (AvgIpc) is 3.58. The molecule has 0 spiro atoms. The van der Waals surface area contributed by atoms with Gasteiger partial charge >= 0.3 is 0 Å². The van der Waals surface area contributed by atoms with Crippen molar-refractivity contribution in [3.63, 3.8) is 0 Å². The minimum atomic E-state index is -0.676. The SMILES string of the molecule is COCc1ccccc1Cn1cnc(C(=O)N[C@H]2CSc3ccc(N4CCCC4)cc3N(C)C2=O)n1. The molecule has 1 N–H and O–H groups in total. The number of benzene rings is 2. The van der Waals surface area contributed by atoms with Gasteiger partial charge in [-0.3, -0.25) is 9.59 Å². The molecule has 3 heterocycles. The number of rotatable bonds is 7. The molecule has 5 rings (SSSR count). The van der Waals surface area contributed by atoms with E-state index in [4.69, 9.17) is 4.74 Å². The van der Waals surface area contributed by atoms with Crippen molar-refractivity contribution in [2.24, 2.45) is 0 Å². The Labute approximate surface area is 214 Å². The molecule has 10 heteroatoms. The molecule has 2 aliphatic heterocycles. The number of methoxy groups -OCH3 is 1. The van der Waals surface area contributed by atoms with Crippen molar-refractivity contribution < 1.29 is 14.3 Å². The number of hydrogen-bond donors (Lipinski definition) is 1. The summed E-state index contributed by atoms with van der Waals surface area (Å²) in [6.45, 7) is 3.05. The van der Waals surface area contributed by atoms with Gasteiger partial charge in [0.1, 0.15) is 12.4 Å². The van der Waals surface area contributed by atoms with Crippen LogP contribution in [0.2, 0.25) is 0 Å². The van der Waals surface area contributed by atoms with Crippen LogP contribution >= 0.6 is 11.8 Å². The Morgan fingerprint density at radius 1 is 1.17 bits per heavy atom. The van der Waals surface area contributed by atoms with E-state index in [0.717, 1.165) is 40.5 Å². The Morgan fingerprint density at radius 2 is 1.94 bits per heavy atom. The molecular formula is C26H30N6O3S.